The molecule has 0 spiro atoms. The third-order valence-electron chi connectivity index (χ3n) is 4.68. The average Bonchev–Trinajstić information content (AvgIpc) is 2.89. The van der Waals surface area contributed by atoms with Crippen LogP contribution in [0.3, 0.4) is 0 Å². The van der Waals surface area contributed by atoms with Gasteiger partial charge in [0, 0.05) is 28.7 Å². The highest BCUT2D eigenvalue weighted by molar-refractivity contribution is 6.20. The minimum atomic E-state index is 1.18. The predicted octanol–water partition coefficient (Wildman–Crippen LogP) is 6.16. The van der Waals surface area contributed by atoms with Gasteiger partial charge in [0.25, 0.3) is 0 Å². The van der Waals surface area contributed by atoms with Crippen LogP contribution in [0.1, 0.15) is 18.1 Å². The summed E-state index contributed by atoms with van der Waals surface area (Å²) in [6, 6.07) is 17.4. The van der Waals surface area contributed by atoms with Crippen molar-refractivity contribution in [3.05, 3.63) is 72.3 Å². The Balaban J connectivity index is 2.32. The summed E-state index contributed by atoms with van der Waals surface area (Å²) in [4.78, 5) is 0. The Kier molecular flexibility index (Phi) is 3.09. The van der Waals surface area contributed by atoms with E-state index in [1.54, 1.807) is 0 Å². The van der Waals surface area contributed by atoms with Crippen LogP contribution in [0.2, 0.25) is 0 Å². The van der Waals surface area contributed by atoms with Crippen molar-refractivity contribution >= 4 is 44.7 Å². The summed E-state index contributed by atoms with van der Waals surface area (Å²) >= 11 is 0. The molecule has 0 saturated heterocycles. The van der Waals surface area contributed by atoms with Crippen LogP contribution in [0.15, 0.2) is 61.2 Å². The van der Waals surface area contributed by atoms with Gasteiger partial charge in [-0.25, -0.2) is 0 Å². The van der Waals surface area contributed by atoms with Crippen LogP contribution in [-0.4, -0.2) is 4.57 Å². The largest absolute Gasteiger partial charge is 0.343 e. The van der Waals surface area contributed by atoms with Crippen molar-refractivity contribution in [1.29, 1.82) is 0 Å². The van der Waals surface area contributed by atoms with Crippen molar-refractivity contribution in [2.45, 2.75) is 6.92 Å². The van der Waals surface area contributed by atoms with E-state index in [0.717, 1.165) is 0 Å². The Bertz CT molecular complexity index is 1090. The number of aryl methyl sites for hydroxylation is 1. The zero-order chi connectivity index (χ0) is 16.0. The standard InChI is InChI=1S/C22H19N/c1-4-8-17-15(5-2)12-14-20-21(17)19-13-11-16-9-6-7-10-18(16)22(19)23(20)3/h4-14H,2H2,1,3H3/b8-4-. The summed E-state index contributed by atoms with van der Waals surface area (Å²) in [6.07, 6.45) is 6.23. The predicted molar refractivity (Wildman–Crippen MR) is 103 cm³/mol. The van der Waals surface area contributed by atoms with Gasteiger partial charge in [0.15, 0.2) is 0 Å². The maximum absolute atomic E-state index is 3.98. The van der Waals surface area contributed by atoms with E-state index < -0.39 is 0 Å². The van der Waals surface area contributed by atoms with Crippen molar-refractivity contribution in [2.75, 3.05) is 0 Å². The highest BCUT2D eigenvalue weighted by Crippen LogP contribution is 2.37. The molecule has 0 radical (unpaired) electrons. The van der Waals surface area contributed by atoms with Crippen molar-refractivity contribution in [2.24, 2.45) is 7.05 Å². The number of benzene rings is 3. The molecule has 0 aliphatic heterocycles. The molecule has 0 bridgehead atoms. The Labute approximate surface area is 136 Å². The van der Waals surface area contributed by atoms with Gasteiger partial charge < -0.3 is 4.57 Å². The minimum Gasteiger partial charge on any atom is -0.343 e. The molecule has 0 saturated carbocycles. The van der Waals surface area contributed by atoms with Gasteiger partial charge in [0.05, 0.1) is 5.52 Å². The van der Waals surface area contributed by atoms with Gasteiger partial charge in [-0.05, 0) is 29.5 Å². The Morgan fingerprint density at radius 1 is 0.957 bits per heavy atom. The molecular formula is C22H19N. The van der Waals surface area contributed by atoms with Gasteiger partial charge in [-0.3, -0.25) is 0 Å². The maximum Gasteiger partial charge on any atom is 0.0568 e. The van der Waals surface area contributed by atoms with E-state index in [2.05, 4.69) is 85.8 Å². The van der Waals surface area contributed by atoms with E-state index >= 15 is 0 Å². The molecule has 4 rings (SSSR count). The number of fused-ring (bicyclic) bond motifs is 5. The quantitative estimate of drug-likeness (QED) is 0.417. The lowest BCUT2D eigenvalue weighted by molar-refractivity contribution is 1.02. The van der Waals surface area contributed by atoms with Crippen LogP contribution >= 0.6 is 0 Å². The number of allylic oxidation sites excluding steroid dienone is 1. The van der Waals surface area contributed by atoms with Crippen LogP contribution in [0.25, 0.3) is 44.7 Å². The molecular weight excluding hydrogens is 278 g/mol. The lowest BCUT2D eigenvalue weighted by atomic mass is 9.98. The maximum atomic E-state index is 3.98. The molecule has 23 heavy (non-hydrogen) atoms. The molecule has 0 aliphatic rings. The molecule has 0 atom stereocenters. The Morgan fingerprint density at radius 2 is 1.78 bits per heavy atom. The fourth-order valence-corrected chi connectivity index (χ4v) is 3.65. The van der Waals surface area contributed by atoms with Gasteiger partial charge >= 0.3 is 0 Å². The topological polar surface area (TPSA) is 4.93 Å². The van der Waals surface area contributed by atoms with Gasteiger partial charge in [-0.15, -0.1) is 0 Å². The molecule has 0 aliphatic carbocycles. The normalized spacial score (nSPS) is 11.9. The fraction of sp³-hybridized carbons (Fsp3) is 0.0909. The number of rotatable bonds is 2. The second-order valence-electron chi connectivity index (χ2n) is 5.91. The van der Waals surface area contributed by atoms with Crippen molar-refractivity contribution in [1.82, 2.24) is 4.57 Å². The summed E-state index contributed by atoms with van der Waals surface area (Å²) in [7, 11) is 2.16. The summed E-state index contributed by atoms with van der Waals surface area (Å²) in [6.45, 7) is 6.04. The smallest absolute Gasteiger partial charge is 0.0568 e. The zero-order valence-corrected chi connectivity index (χ0v) is 13.5. The van der Waals surface area contributed by atoms with E-state index in [4.69, 9.17) is 0 Å². The monoisotopic (exact) mass is 297 g/mol. The fourth-order valence-electron chi connectivity index (χ4n) is 3.65. The zero-order valence-electron chi connectivity index (χ0n) is 13.5. The van der Waals surface area contributed by atoms with E-state index in [9.17, 15) is 0 Å². The van der Waals surface area contributed by atoms with Gasteiger partial charge in [0.1, 0.15) is 0 Å². The van der Waals surface area contributed by atoms with Crippen molar-refractivity contribution in [3.63, 3.8) is 0 Å². The first-order chi connectivity index (χ1) is 11.3. The number of hydrogen-bond donors (Lipinski definition) is 0. The molecule has 1 heterocycles. The second kappa shape index (κ2) is 5.13. The van der Waals surface area contributed by atoms with E-state index in [0.29, 0.717) is 0 Å². The SMILES string of the molecule is C=Cc1ccc2c(c1/C=C\C)c1ccc3ccccc3c1n2C. The number of hydrogen-bond acceptors (Lipinski definition) is 0. The van der Waals surface area contributed by atoms with Crippen molar-refractivity contribution in [3.8, 4) is 0 Å². The molecule has 1 aromatic heterocycles. The van der Waals surface area contributed by atoms with Crippen molar-refractivity contribution < 1.29 is 0 Å². The Hall–Kier alpha value is -2.80. The van der Waals surface area contributed by atoms with E-state index in [1.807, 2.05) is 6.08 Å². The first-order valence-corrected chi connectivity index (χ1v) is 7.94. The summed E-state index contributed by atoms with van der Waals surface area (Å²) in [5.41, 5.74) is 4.98. The lowest BCUT2D eigenvalue weighted by Crippen LogP contribution is -1.88. The highest BCUT2D eigenvalue weighted by Gasteiger charge is 2.14. The highest BCUT2D eigenvalue weighted by atomic mass is 14.9. The Morgan fingerprint density at radius 3 is 2.57 bits per heavy atom. The van der Waals surface area contributed by atoms with Gasteiger partial charge in [-0.1, -0.05) is 67.3 Å². The molecule has 112 valence electrons. The van der Waals surface area contributed by atoms with Crippen LogP contribution in [0, 0.1) is 0 Å². The third-order valence-corrected chi connectivity index (χ3v) is 4.68. The minimum absolute atomic E-state index is 1.18. The number of nitrogens with zero attached hydrogens (tertiary/aromatic N) is 1. The molecule has 0 amide bonds. The average molecular weight is 297 g/mol. The molecule has 0 unspecified atom stereocenters. The first-order valence-electron chi connectivity index (χ1n) is 7.94. The van der Waals surface area contributed by atoms with E-state index in [1.165, 1.54) is 43.7 Å². The molecule has 4 aromatic rings. The number of aromatic nitrogens is 1. The summed E-state index contributed by atoms with van der Waals surface area (Å²) < 4.78 is 2.31. The molecule has 1 nitrogen and oxygen atoms in total. The van der Waals surface area contributed by atoms with Crippen LogP contribution in [0.5, 0.6) is 0 Å². The van der Waals surface area contributed by atoms with Gasteiger partial charge in [0.2, 0.25) is 0 Å². The second-order valence-corrected chi connectivity index (χ2v) is 5.91. The summed E-state index contributed by atoms with van der Waals surface area (Å²) in [5, 5.41) is 5.19. The van der Waals surface area contributed by atoms with Crippen LogP contribution < -0.4 is 0 Å². The molecule has 0 N–H and O–H groups in total. The first kappa shape index (κ1) is 13.8. The molecule has 3 aromatic carbocycles. The summed E-state index contributed by atoms with van der Waals surface area (Å²) in [5.74, 6) is 0. The third kappa shape index (κ3) is 1.86. The van der Waals surface area contributed by atoms with Crippen LogP contribution in [-0.2, 0) is 7.05 Å². The van der Waals surface area contributed by atoms with E-state index in [-0.39, 0.29) is 0 Å². The van der Waals surface area contributed by atoms with Crippen LogP contribution in [0.4, 0.5) is 0 Å². The molecule has 1 heteroatoms. The van der Waals surface area contributed by atoms with Gasteiger partial charge in [-0.2, -0.15) is 0 Å². The molecule has 0 fully saturated rings. The lowest BCUT2D eigenvalue weighted by Gasteiger charge is -2.05.